The van der Waals surface area contributed by atoms with E-state index in [2.05, 4.69) is 0 Å². The molecule has 3 aliphatic rings. The molecule has 0 unspecified atom stereocenters. The lowest BCUT2D eigenvalue weighted by Crippen LogP contribution is -2.55. The third-order valence-corrected chi connectivity index (χ3v) is 8.46. The highest BCUT2D eigenvalue weighted by molar-refractivity contribution is 7.90. The van der Waals surface area contributed by atoms with Gasteiger partial charge in [0, 0.05) is 44.3 Å². The molecule has 1 saturated carbocycles. The Bertz CT molecular complexity index is 796. The largest absolute Gasteiger partial charge is 0.383 e. The molecular formula is C19H26N2O4S. The summed E-state index contributed by atoms with van der Waals surface area (Å²) in [5.41, 5.74) is 1.68. The summed E-state index contributed by atoms with van der Waals surface area (Å²) < 4.78 is 32.0. The molecule has 0 N–H and O–H groups in total. The zero-order valence-electron chi connectivity index (χ0n) is 15.2. The average Bonchev–Trinajstić information content (AvgIpc) is 3.50. The number of benzene rings is 1. The van der Waals surface area contributed by atoms with Crippen LogP contribution in [0.15, 0.2) is 24.3 Å². The molecule has 7 heteroatoms. The lowest BCUT2D eigenvalue weighted by molar-refractivity contribution is 0.0547. The van der Waals surface area contributed by atoms with Crippen LogP contribution in [0, 0.1) is 0 Å². The van der Waals surface area contributed by atoms with Gasteiger partial charge >= 0.3 is 0 Å². The minimum absolute atomic E-state index is 0.0521. The van der Waals surface area contributed by atoms with Crippen LogP contribution in [0.4, 0.5) is 0 Å². The van der Waals surface area contributed by atoms with Crippen molar-refractivity contribution >= 4 is 15.9 Å². The molecule has 2 fully saturated rings. The van der Waals surface area contributed by atoms with Crippen LogP contribution in [0.3, 0.4) is 0 Å². The molecule has 2 heterocycles. The molecule has 0 bridgehead atoms. The van der Waals surface area contributed by atoms with Gasteiger partial charge in [0.05, 0.1) is 11.9 Å². The van der Waals surface area contributed by atoms with E-state index in [1.807, 2.05) is 29.2 Å². The third-order valence-electron chi connectivity index (χ3n) is 6.06. The van der Waals surface area contributed by atoms with E-state index in [-0.39, 0.29) is 16.6 Å². The maximum atomic E-state index is 12.8. The number of carbonyl (C=O) groups is 1. The minimum Gasteiger partial charge on any atom is -0.383 e. The van der Waals surface area contributed by atoms with Crippen molar-refractivity contribution in [2.75, 3.05) is 39.9 Å². The number of piperidine rings is 1. The monoisotopic (exact) mass is 378 g/mol. The number of sulfonamides is 1. The molecule has 2 aliphatic heterocycles. The highest BCUT2D eigenvalue weighted by Crippen LogP contribution is 2.43. The van der Waals surface area contributed by atoms with Gasteiger partial charge in [-0.05, 0) is 37.3 Å². The number of nitrogens with zero attached hydrogens (tertiary/aromatic N) is 2. The van der Waals surface area contributed by atoms with Crippen LogP contribution in [-0.2, 0) is 20.2 Å². The maximum absolute atomic E-state index is 12.8. The van der Waals surface area contributed by atoms with Gasteiger partial charge in [-0.25, -0.2) is 12.7 Å². The highest BCUT2D eigenvalue weighted by atomic mass is 32.2. The van der Waals surface area contributed by atoms with Crippen molar-refractivity contribution in [2.45, 2.75) is 36.3 Å². The molecule has 142 valence electrons. The van der Waals surface area contributed by atoms with Gasteiger partial charge in [0.1, 0.15) is 0 Å². The first-order valence-electron chi connectivity index (χ1n) is 9.35. The van der Waals surface area contributed by atoms with Crippen molar-refractivity contribution in [1.82, 2.24) is 9.21 Å². The van der Waals surface area contributed by atoms with E-state index >= 15 is 0 Å². The lowest BCUT2D eigenvalue weighted by atomic mass is 9.69. The third kappa shape index (κ3) is 2.96. The summed E-state index contributed by atoms with van der Waals surface area (Å²) >= 11 is 0. The number of fused-ring (bicyclic) bond motifs is 2. The number of ether oxygens (including phenoxy) is 1. The molecule has 1 aromatic carbocycles. The first kappa shape index (κ1) is 17.9. The Morgan fingerprint density at radius 2 is 1.88 bits per heavy atom. The number of rotatable bonds is 5. The Balaban J connectivity index is 1.61. The van der Waals surface area contributed by atoms with E-state index < -0.39 is 10.0 Å². The minimum atomic E-state index is -3.13. The molecule has 0 radical (unpaired) electrons. The normalized spacial score (nSPS) is 23.3. The molecule has 0 aromatic heterocycles. The number of hydrogen-bond acceptors (Lipinski definition) is 4. The van der Waals surface area contributed by atoms with Gasteiger partial charge in [0.25, 0.3) is 5.91 Å². The zero-order chi connectivity index (χ0) is 18.4. The predicted octanol–water partition coefficient (Wildman–Crippen LogP) is 1.61. The Morgan fingerprint density at radius 1 is 1.19 bits per heavy atom. The molecule has 6 nitrogen and oxygen atoms in total. The number of hydrogen-bond donors (Lipinski definition) is 0. The van der Waals surface area contributed by atoms with Gasteiger partial charge in [-0.15, -0.1) is 0 Å². The van der Waals surface area contributed by atoms with Crippen molar-refractivity contribution in [3.05, 3.63) is 35.4 Å². The van der Waals surface area contributed by atoms with Gasteiger partial charge in [0.15, 0.2) is 0 Å². The summed E-state index contributed by atoms with van der Waals surface area (Å²) in [6.07, 6.45) is 3.11. The molecule has 1 amide bonds. The molecule has 1 aromatic rings. The molecule has 1 spiro atoms. The molecule has 26 heavy (non-hydrogen) atoms. The van der Waals surface area contributed by atoms with Crippen molar-refractivity contribution < 1.29 is 17.9 Å². The van der Waals surface area contributed by atoms with Gasteiger partial charge < -0.3 is 9.64 Å². The van der Waals surface area contributed by atoms with E-state index in [9.17, 15) is 13.2 Å². The fraction of sp³-hybridized carbons (Fsp3) is 0.632. The van der Waals surface area contributed by atoms with Crippen LogP contribution in [0.25, 0.3) is 0 Å². The Morgan fingerprint density at radius 3 is 2.54 bits per heavy atom. The van der Waals surface area contributed by atoms with Gasteiger partial charge in [0.2, 0.25) is 10.0 Å². The van der Waals surface area contributed by atoms with Crippen LogP contribution < -0.4 is 0 Å². The Hall–Kier alpha value is -1.44. The maximum Gasteiger partial charge on any atom is 0.254 e. The second-order valence-electron chi connectivity index (χ2n) is 7.69. The highest BCUT2D eigenvalue weighted by Gasteiger charge is 2.48. The summed E-state index contributed by atoms with van der Waals surface area (Å²) in [7, 11) is -1.49. The lowest BCUT2D eigenvalue weighted by Gasteiger charge is -2.48. The molecule has 1 saturated heterocycles. The zero-order valence-corrected chi connectivity index (χ0v) is 16.0. The standard InChI is InChI=1S/C19H26N2O4S/c1-25-13-12-20-14-19(17-5-3-2-4-16(17)18(20)22)8-10-21(11-9-19)26(23,24)15-6-7-15/h2-5,15H,6-14H2,1H3. The van der Waals surface area contributed by atoms with Crippen molar-refractivity contribution in [2.24, 2.45) is 0 Å². The van der Waals surface area contributed by atoms with Crippen molar-refractivity contribution in [1.29, 1.82) is 0 Å². The SMILES string of the molecule is COCCN1CC2(CCN(S(=O)(=O)C3CC3)CC2)c2ccccc2C1=O. The smallest absolute Gasteiger partial charge is 0.254 e. The molecular weight excluding hydrogens is 352 g/mol. The number of methoxy groups -OCH3 is 1. The first-order valence-corrected chi connectivity index (χ1v) is 10.8. The van der Waals surface area contributed by atoms with Gasteiger partial charge in [-0.2, -0.15) is 0 Å². The van der Waals surface area contributed by atoms with Crippen molar-refractivity contribution in [3.8, 4) is 0 Å². The second kappa shape index (κ2) is 6.62. The predicted molar refractivity (Wildman–Crippen MR) is 98.6 cm³/mol. The van der Waals surface area contributed by atoms with Gasteiger partial charge in [-0.3, -0.25) is 4.79 Å². The number of amides is 1. The average molecular weight is 378 g/mol. The van der Waals surface area contributed by atoms with Gasteiger partial charge in [-0.1, -0.05) is 18.2 Å². The quantitative estimate of drug-likeness (QED) is 0.781. The van der Waals surface area contributed by atoms with Crippen molar-refractivity contribution in [3.63, 3.8) is 0 Å². The van der Waals surface area contributed by atoms with Crippen LogP contribution in [0.1, 0.15) is 41.6 Å². The summed E-state index contributed by atoms with van der Waals surface area (Å²) in [6.45, 7) is 2.80. The summed E-state index contributed by atoms with van der Waals surface area (Å²) in [6, 6.07) is 7.82. The Kier molecular flexibility index (Phi) is 4.57. The number of carbonyl (C=O) groups excluding carboxylic acids is 1. The summed E-state index contributed by atoms with van der Waals surface area (Å²) in [5, 5.41) is -0.157. The van der Waals surface area contributed by atoms with E-state index in [1.165, 1.54) is 0 Å². The molecule has 0 atom stereocenters. The van der Waals surface area contributed by atoms with Crippen LogP contribution in [0.2, 0.25) is 0 Å². The van der Waals surface area contributed by atoms with E-state index in [4.69, 9.17) is 4.74 Å². The van der Waals surface area contributed by atoms with Crippen LogP contribution >= 0.6 is 0 Å². The molecule has 4 rings (SSSR count). The topological polar surface area (TPSA) is 66.9 Å². The Labute approximate surface area is 155 Å². The van der Waals surface area contributed by atoms with E-state index in [0.29, 0.717) is 32.8 Å². The fourth-order valence-electron chi connectivity index (χ4n) is 4.38. The van der Waals surface area contributed by atoms with Crippen LogP contribution in [-0.4, -0.2) is 68.7 Å². The first-order chi connectivity index (χ1) is 12.5. The fourth-order valence-corrected chi connectivity index (χ4v) is 6.22. The summed E-state index contributed by atoms with van der Waals surface area (Å²) in [4.78, 5) is 14.7. The second-order valence-corrected chi connectivity index (χ2v) is 9.90. The summed E-state index contributed by atoms with van der Waals surface area (Å²) in [5.74, 6) is 0.0521. The van der Waals surface area contributed by atoms with Crippen LogP contribution in [0.5, 0.6) is 0 Å². The van der Waals surface area contributed by atoms with E-state index in [0.717, 1.165) is 36.8 Å². The van der Waals surface area contributed by atoms with E-state index in [1.54, 1.807) is 11.4 Å². The molecule has 1 aliphatic carbocycles.